The minimum atomic E-state index is -2.43. The smallest absolute Gasteiger partial charge is 0.144 e. The van der Waals surface area contributed by atoms with Gasteiger partial charge in [0.15, 0.2) is 0 Å². The third-order valence-electron chi connectivity index (χ3n) is 4.29. The topological polar surface area (TPSA) is 26.0 Å². The van der Waals surface area contributed by atoms with Crippen LogP contribution in [0.3, 0.4) is 0 Å². The maximum Gasteiger partial charge on any atom is 0.144 e. The molecule has 0 aliphatic rings. The molecule has 0 radical (unpaired) electrons. The number of fused-ring (bicyclic) bond motifs is 5. The molecule has 3 aromatic heterocycles. The molecule has 0 fully saturated rings. The van der Waals surface area contributed by atoms with Crippen molar-refractivity contribution in [2.24, 2.45) is 0 Å². The van der Waals surface area contributed by atoms with E-state index < -0.39 is 13.7 Å². The van der Waals surface area contributed by atoms with E-state index in [4.69, 9.17) is 11.3 Å². The molecule has 2 aromatic carbocycles. The van der Waals surface area contributed by atoms with Gasteiger partial charge in [-0.05, 0) is 66.0 Å². The second-order valence-electron chi connectivity index (χ2n) is 5.72. The highest BCUT2D eigenvalue weighted by atomic mass is 32.1. The lowest BCUT2D eigenvalue weighted by Gasteiger charge is -2.05. The number of furan rings is 1. The standard InChI is InChI=1S/C21H15NOS/c1-12-10-17(22-11-13(12)2)15-4-3-5-16-19-18(23-20(15)16)7-6-14-8-9-24-21(14)19/h3-11H,1-2H3/i1D3,2D2. The summed E-state index contributed by atoms with van der Waals surface area (Å²) in [5.41, 5.74) is 2.62. The fourth-order valence-electron chi connectivity index (χ4n) is 3.12. The van der Waals surface area contributed by atoms with Crippen LogP contribution in [0.5, 0.6) is 0 Å². The third-order valence-corrected chi connectivity index (χ3v) is 5.24. The van der Waals surface area contributed by atoms with E-state index in [2.05, 4.69) is 11.1 Å². The lowest BCUT2D eigenvalue weighted by Crippen LogP contribution is -1.88. The van der Waals surface area contributed by atoms with Crippen LogP contribution in [0, 0.1) is 13.7 Å². The number of pyridine rings is 1. The number of benzene rings is 2. The minimum Gasteiger partial charge on any atom is -0.455 e. The molecular weight excluding hydrogens is 314 g/mol. The molecule has 5 rings (SSSR count). The number of rotatable bonds is 1. The van der Waals surface area contributed by atoms with Gasteiger partial charge in [0.25, 0.3) is 0 Å². The van der Waals surface area contributed by atoms with Gasteiger partial charge in [-0.1, -0.05) is 12.1 Å². The molecule has 2 nitrogen and oxygen atoms in total. The molecule has 3 heteroatoms. The van der Waals surface area contributed by atoms with E-state index in [0.717, 1.165) is 26.4 Å². The van der Waals surface area contributed by atoms with Gasteiger partial charge in [-0.15, -0.1) is 11.3 Å². The summed E-state index contributed by atoms with van der Waals surface area (Å²) >= 11 is 1.66. The molecule has 0 N–H and O–H groups in total. The Labute approximate surface area is 150 Å². The van der Waals surface area contributed by atoms with Crippen molar-refractivity contribution in [2.75, 3.05) is 0 Å². The van der Waals surface area contributed by atoms with Crippen LogP contribution < -0.4 is 0 Å². The van der Waals surface area contributed by atoms with Gasteiger partial charge < -0.3 is 4.42 Å². The van der Waals surface area contributed by atoms with Crippen molar-refractivity contribution >= 4 is 43.4 Å². The van der Waals surface area contributed by atoms with Crippen molar-refractivity contribution in [1.29, 1.82) is 0 Å². The predicted octanol–water partition coefficient (Wildman–Crippen LogP) is 6.48. The summed E-state index contributed by atoms with van der Waals surface area (Å²) in [6.07, 6.45) is 1.32. The average molecular weight is 334 g/mol. The Morgan fingerprint density at radius 1 is 1.12 bits per heavy atom. The van der Waals surface area contributed by atoms with Crippen LogP contribution >= 0.6 is 11.3 Å². The number of hydrogen-bond donors (Lipinski definition) is 0. The summed E-state index contributed by atoms with van der Waals surface area (Å²) in [4.78, 5) is 4.37. The van der Waals surface area contributed by atoms with E-state index in [9.17, 15) is 0 Å². The average Bonchev–Trinajstić information content (AvgIpc) is 3.30. The molecule has 5 aromatic rings. The zero-order valence-electron chi connectivity index (χ0n) is 17.5. The summed E-state index contributed by atoms with van der Waals surface area (Å²) in [5, 5.41) is 5.19. The first-order valence-corrected chi connectivity index (χ1v) is 8.39. The second kappa shape index (κ2) is 4.92. The van der Waals surface area contributed by atoms with E-state index in [1.165, 1.54) is 12.3 Å². The van der Waals surface area contributed by atoms with E-state index in [1.54, 1.807) is 11.3 Å². The first-order valence-electron chi connectivity index (χ1n) is 10.2. The Morgan fingerprint density at radius 2 is 2.12 bits per heavy atom. The van der Waals surface area contributed by atoms with Crippen LogP contribution in [-0.2, 0) is 0 Å². The third kappa shape index (κ3) is 1.85. The second-order valence-corrected chi connectivity index (χ2v) is 6.63. The van der Waals surface area contributed by atoms with Gasteiger partial charge in [0.2, 0.25) is 0 Å². The highest BCUT2D eigenvalue weighted by molar-refractivity contribution is 7.18. The summed E-state index contributed by atoms with van der Waals surface area (Å²) in [5.74, 6) is 0. The lowest BCUT2D eigenvalue weighted by molar-refractivity contribution is 0.670. The fourth-order valence-corrected chi connectivity index (χ4v) is 4.07. The van der Waals surface area contributed by atoms with Gasteiger partial charge in [0.05, 0.1) is 5.69 Å². The van der Waals surface area contributed by atoms with Crippen molar-refractivity contribution in [3.05, 3.63) is 65.2 Å². The molecule has 24 heavy (non-hydrogen) atoms. The van der Waals surface area contributed by atoms with Crippen molar-refractivity contribution in [1.82, 2.24) is 4.98 Å². The van der Waals surface area contributed by atoms with E-state index >= 15 is 0 Å². The maximum absolute atomic E-state index is 7.81. The summed E-state index contributed by atoms with van der Waals surface area (Å²) in [6.45, 7) is -3.85. The zero-order chi connectivity index (χ0) is 20.3. The first-order chi connectivity index (χ1) is 13.8. The van der Waals surface area contributed by atoms with Crippen molar-refractivity contribution in [3.63, 3.8) is 0 Å². The van der Waals surface area contributed by atoms with E-state index in [0.29, 0.717) is 16.8 Å². The van der Waals surface area contributed by atoms with E-state index in [-0.39, 0.29) is 11.1 Å². The molecule has 0 amide bonds. The fraction of sp³-hybridized carbons (Fsp3) is 0.0952. The van der Waals surface area contributed by atoms with Crippen LogP contribution in [-0.4, -0.2) is 4.98 Å². The molecule has 0 unspecified atom stereocenters. The monoisotopic (exact) mass is 334 g/mol. The Morgan fingerprint density at radius 3 is 3.04 bits per heavy atom. The number of thiophene rings is 1. The Hall–Kier alpha value is -2.65. The highest BCUT2D eigenvalue weighted by Crippen LogP contribution is 2.40. The molecular formula is C21H15NOS. The summed E-state index contributed by atoms with van der Waals surface area (Å²) < 4.78 is 46.0. The minimum absolute atomic E-state index is 0.0220. The predicted molar refractivity (Wildman–Crippen MR) is 102 cm³/mol. The molecule has 3 heterocycles. The molecule has 0 atom stereocenters. The Bertz CT molecular complexity index is 1380. The largest absolute Gasteiger partial charge is 0.455 e. The van der Waals surface area contributed by atoms with Gasteiger partial charge in [-0.25, -0.2) is 0 Å². The van der Waals surface area contributed by atoms with Gasteiger partial charge in [-0.2, -0.15) is 0 Å². The molecule has 0 saturated heterocycles. The van der Waals surface area contributed by atoms with Crippen LogP contribution in [0.4, 0.5) is 0 Å². The van der Waals surface area contributed by atoms with E-state index in [1.807, 2.05) is 35.7 Å². The zero-order valence-corrected chi connectivity index (χ0v) is 13.4. The summed E-state index contributed by atoms with van der Waals surface area (Å²) in [6, 6.07) is 13.3. The molecule has 0 bridgehead atoms. The molecule has 0 spiro atoms. The van der Waals surface area contributed by atoms with Crippen molar-refractivity contribution in [2.45, 2.75) is 13.7 Å². The number of hydrogen-bond acceptors (Lipinski definition) is 3. The molecule has 0 saturated carbocycles. The molecule has 0 aliphatic carbocycles. The van der Waals surface area contributed by atoms with Crippen molar-refractivity contribution < 1.29 is 11.3 Å². The van der Waals surface area contributed by atoms with Gasteiger partial charge in [-0.3, -0.25) is 4.98 Å². The van der Waals surface area contributed by atoms with Crippen LogP contribution in [0.25, 0.3) is 43.3 Å². The van der Waals surface area contributed by atoms with Crippen LogP contribution in [0.15, 0.2) is 58.5 Å². The number of para-hydroxylation sites is 1. The normalized spacial score (nSPS) is 15.5. The molecule has 116 valence electrons. The first kappa shape index (κ1) is 9.60. The quantitative estimate of drug-likeness (QED) is 0.350. The van der Waals surface area contributed by atoms with Gasteiger partial charge in [0.1, 0.15) is 11.2 Å². The number of aromatic nitrogens is 1. The Balaban J connectivity index is 1.81. The van der Waals surface area contributed by atoms with Crippen molar-refractivity contribution in [3.8, 4) is 11.3 Å². The Kier molecular flexibility index (Phi) is 1.97. The lowest BCUT2D eigenvalue weighted by atomic mass is 10.0. The molecule has 0 aliphatic heterocycles. The number of aryl methyl sites for hydroxylation is 2. The van der Waals surface area contributed by atoms with Crippen LogP contribution in [0.1, 0.15) is 18.0 Å². The number of nitrogens with zero attached hydrogens (tertiary/aromatic N) is 1. The van der Waals surface area contributed by atoms with Gasteiger partial charge in [0, 0.05) is 34.1 Å². The maximum atomic E-state index is 7.81. The summed E-state index contributed by atoms with van der Waals surface area (Å²) in [7, 11) is 0. The van der Waals surface area contributed by atoms with Crippen LogP contribution in [0.2, 0.25) is 0 Å². The SMILES string of the molecule is [2H]C([2H])c1cnc(-c2cccc3c2oc2ccc4ccsc4c23)cc1C([2H])([2H])[2H]. The highest BCUT2D eigenvalue weighted by Gasteiger charge is 2.15. The van der Waals surface area contributed by atoms with Gasteiger partial charge >= 0.3 is 0 Å².